The van der Waals surface area contributed by atoms with Crippen molar-refractivity contribution in [3.05, 3.63) is 81.8 Å². The number of anilines is 2. The normalized spacial score (nSPS) is 12.2. The lowest BCUT2D eigenvalue weighted by Crippen LogP contribution is -2.31. The van der Waals surface area contributed by atoms with Gasteiger partial charge in [-0.1, -0.05) is 12.1 Å². The number of hydrogen-bond acceptors (Lipinski definition) is 5. The van der Waals surface area contributed by atoms with Crippen LogP contribution in [0.3, 0.4) is 0 Å². The maximum Gasteiger partial charge on any atom is 0.416 e. The van der Waals surface area contributed by atoms with Gasteiger partial charge >= 0.3 is 6.18 Å². The number of nitrogens with two attached hydrogens (primary N) is 1. The predicted molar refractivity (Wildman–Crippen MR) is 116 cm³/mol. The molecule has 1 aromatic heterocycles. The highest BCUT2D eigenvalue weighted by atomic mass is 19.4. The maximum atomic E-state index is 13.1. The summed E-state index contributed by atoms with van der Waals surface area (Å²) in [7, 11) is 0. The van der Waals surface area contributed by atoms with Crippen molar-refractivity contribution in [3.63, 3.8) is 0 Å². The number of carbonyl (C=O) groups is 2. The highest BCUT2D eigenvalue weighted by Gasteiger charge is 2.31. The van der Waals surface area contributed by atoms with E-state index in [0.29, 0.717) is 5.69 Å². The molecule has 11 heteroatoms. The van der Waals surface area contributed by atoms with Gasteiger partial charge in [-0.15, -0.1) is 0 Å². The molecule has 0 aliphatic heterocycles. The number of benzene rings is 2. The van der Waals surface area contributed by atoms with Crippen LogP contribution < -0.4 is 21.9 Å². The number of nitrogens with zero attached hydrogens (tertiary/aromatic N) is 2. The van der Waals surface area contributed by atoms with Gasteiger partial charge in [-0.05, 0) is 48.9 Å². The number of nitrogen functional groups attached to an aromatic ring is 1. The molecular weight excluding hydrogens is 439 g/mol. The minimum absolute atomic E-state index is 0.0952. The first-order chi connectivity index (χ1) is 15.5. The Kier molecular flexibility index (Phi) is 6.52. The molecule has 0 saturated heterocycles. The van der Waals surface area contributed by atoms with Gasteiger partial charge in [0.05, 0.1) is 23.0 Å². The van der Waals surface area contributed by atoms with Gasteiger partial charge in [-0.25, -0.2) is 0 Å². The fourth-order valence-electron chi connectivity index (χ4n) is 3.10. The summed E-state index contributed by atoms with van der Waals surface area (Å²) < 4.78 is 40.2. The Morgan fingerprint density at radius 1 is 1.09 bits per heavy atom. The van der Waals surface area contributed by atoms with Gasteiger partial charge in [0.25, 0.3) is 11.5 Å². The predicted octanol–water partition coefficient (Wildman–Crippen LogP) is 3.28. The van der Waals surface area contributed by atoms with E-state index in [-0.39, 0.29) is 28.5 Å². The number of para-hydroxylation sites is 2. The van der Waals surface area contributed by atoms with Crippen molar-refractivity contribution in [3.8, 4) is 5.69 Å². The Morgan fingerprint density at radius 3 is 2.45 bits per heavy atom. The molecule has 0 aliphatic rings. The Morgan fingerprint density at radius 2 is 1.79 bits per heavy atom. The van der Waals surface area contributed by atoms with Crippen molar-refractivity contribution in [2.24, 2.45) is 0 Å². The van der Waals surface area contributed by atoms with Crippen molar-refractivity contribution >= 4 is 23.2 Å². The minimum Gasteiger partial charge on any atom is -0.399 e. The molecule has 1 atom stereocenters. The Hall–Kier alpha value is -4.15. The van der Waals surface area contributed by atoms with E-state index in [1.807, 2.05) is 0 Å². The van der Waals surface area contributed by atoms with Crippen molar-refractivity contribution in [1.29, 1.82) is 0 Å². The van der Waals surface area contributed by atoms with E-state index in [1.165, 1.54) is 32.0 Å². The topological polar surface area (TPSA) is 119 Å². The first kappa shape index (κ1) is 23.5. The van der Waals surface area contributed by atoms with Gasteiger partial charge in [-0.3, -0.25) is 14.4 Å². The molecule has 172 valence electrons. The molecule has 2 aromatic carbocycles. The van der Waals surface area contributed by atoms with E-state index < -0.39 is 29.2 Å². The molecule has 3 aromatic rings. The van der Waals surface area contributed by atoms with Gasteiger partial charge in [0.2, 0.25) is 5.91 Å². The third-order valence-electron chi connectivity index (χ3n) is 4.63. The molecule has 0 saturated carbocycles. The van der Waals surface area contributed by atoms with Crippen LogP contribution in [0.5, 0.6) is 0 Å². The van der Waals surface area contributed by atoms with Crippen LogP contribution in [0.4, 0.5) is 24.5 Å². The van der Waals surface area contributed by atoms with Gasteiger partial charge in [0.15, 0.2) is 0 Å². The molecule has 3 rings (SSSR count). The number of hydrogen-bond donors (Lipinski definition) is 3. The van der Waals surface area contributed by atoms with Crippen LogP contribution >= 0.6 is 0 Å². The van der Waals surface area contributed by atoms with Crippen LogP contribution in [0.25, 0.3) is 5.69 Å². The highest BCUT2D eigenvalue weighted by Crippen LogP contribution is 2.32. The molecule has 0 radical (unpaired) electrons. The van der Waals surface area contributed by atoms with Crippen LogP contribution in [0.2, 0.25) is 0 Å². The number of halogens is 3. The first-order valence-electron chi connectivity index (χ1n) is 9.71. The maximum absolute atomic E-state index is 13.1. The third-order valence-corrected chi connectivity index (χ3v) is 4.63. The fourth-order valence-corrected chi connectivity index (χ4v) is 3.10. The summed E-state index contributed by atoms with van der Waals surface area (Å²) in [4.78, 5) is 36.6. The summed E-state index contributed by atoms with van der Waals surface area (Å²) in [6.45, 7) is 2.80. The molecular formula is C22H20F3N5O3. The van der Waals surface area contributed by atoms with Crippen molar-refractivity contribution in [2.75, 3.05) is 11.1 Å². The Labute approximate surface area is 186 Å². The lowest BCUT2D eigenvalue weighted by atomic mass is 10.0. The number of carbonyl (C=O) groups excluding carboxylic acids is 2. The van der Waals surface area contributed by atoms with E-state index in [1.54, 1.807) is 18.2 Å². The second kappa shape index (κ2) is 9.15. The van der Waals surface area contributed by atoms with E-state index in [9.17, 15) is 27.6 Å². The van der Waals surface area contributed by atoms with Gasteiger partial charge in [-0.2, -0.15) is 23.0 Å². The molecule has 1 heterocycles. The first-order valence-corrected chi connectivity index (χ1v) is 9.71. The van der Waals surface area contributed by atoms with Gasteiger partial charge in [0.1, 0.15) is 5.69 Å². The molecule has 8 nitrogen and oxygen atoms in total. The van der Waals surface area contributed by atoms with E-state index >= 15 is 0 Å². The van der Waals surface area contributed by atoms with Crippen LogP contribution in [0.1, 0.15) is 41.5 Å². The zero-order valence-corrected chi connectivity index (χ0v) is 17.6. The number of aromatic nitrogens is 2. The number of alkyl halides is 3. The van der Waals surface area contributed by atoms with E-state index in [0.717, 1.165) is 22.9 Å². The molecule has 2 amide bonds. The average molecular weight is 459 g/mol. The van der Waals surface area contributed by atoms with Crippen LogP contribution in [-0.4, -0.2) is 21.6 Å². The summed E-state index contributed by atoms with van der Waals surface area (Å²) in [5, 5.41) is 9.20. The van der Waals surface area contributed by atoms with Crippen LogP contribution in [-0.2, 0) is 11.0 Å². The zero-order valence-electron chi connectivity index (χ0n) is 17.6. The summed E-state index contributed by atoms with van der Waals surface area (Å²) in [6, 6.07) is 10.9. The molecule has 4 N–H and O–H groups in total. The molecule has 0 aliphatic carbocycles. The summed E-state index contributed by atoms with van der Waals surface area (Å²) in [5.74, 6) is -1.08. The van der Waals surface area contributed by atoms with Crippen LogP contribution in [0.15, 0.2) is 59.4 Å². The third kappa shape index (κ3) is 5.56. The van der Waals surface area contributed by atoms with Crippen molar-refractivity contribution in [1.82, 2.24) is 15.1 Å². The minimum atomic E-state index is -4.59. The molecule has 0 fully saturated rings. The number of nitrogens with one attached hydrogen (secondary N) is 2. The number of rotatable bonds is 5. The largest absolute Gasteiger partial charge is 0.416 e. The summed E-state index contributed by atoms with van der Waals surface area (Å²) >= 11 is 0. The van der Waals surface area contributed by atoms with E-state index in [2.05, 4.69) is 15.7 Å². The summed E-state index contributed by atoms with van der Waals surface area (Å²) in [6.07, 6.45) is -4.59. The second-order valence-corrected chi connectivity index (χ2v) is 7.25. The Bertz CT molecular complexity index is 1270. The number of amides is 2. The van der Waals surface area contributed by atoms with Crippen molar-refractivity contribution < 1.29 is 22.8 Å². The van der Waals surface area contributed by atoms with Gasteiger partial charge < -0.3 is 16.4 Å². The van der Waals surface area contributed by atoms with Crippen LogP contribution in [0, 0.1) is 0 Å². The highest BCUT2D eigenvalue weighted by molar-refractivity contribution is 5.93. The van der Waals surface area contributed by atoms with Gasteiger partial charge in [0, 0.05) is 18.7 Å². The van der Waals surface area contributed by atoms with Crippen molar-refractivity contribution in [2.45, 2.75) is 26.1 Å². The molecule has 33 heavy (non-hydrogen) atoms. The molecule has 0 bridgehead atoms. The lowest BCUT2D eigenvalue weighted by Gasteiger charge is -2.17. The second-order valence-electron chi connectivity index (χ2n) is 7.25. The fraction of sp³-hybridized carbons (Fsp3) is 0.182. The summed E-state index contributed by atoms with van der Waals surface area (Å²) in [5.41, 5.74) is 4.56. The Balaban J connectivity index is 1.91. The molecule has 0 spiro atoms. The SMILES string of the molecule is CC(=O)Nc1ccccc1-n1nc(C(=O)N[C@H](C)c2cc(N)cc(C(F)(F)F)c2)ccc1=O. The monoisotopic (exact) mass is 459 g/mol. The molecule has 0 unspecified atom stereocenters. The average Bonchev–Trinajstić information content (AvgIpc) is 2.73. The zero-order chi connectivity index (χ0) is 24.3. The standard InChI is InChI=1S/C22H20F3N5O3/c1-12(14-9-15(22(23,24)25)11-16(26)10-14)27-21(33)18-7-8-20(32)30(29-18)19-6-4-3-5-17(19)28-13(2)31/h3-12H,26H2,1-2H3,(H,27,33)(H,28,31)/t12-/m1/s1. The van der Waals surface area contributed by atoms with E-state index in [4.69, 9.17) is 5.73 Å². The quantitative estimate of drug-likeness (QED) is 0.506. The smallest absolute Gasteiger partial charge is 0.399 e. The lowest BCUT2D eigenvalue weighted by molar-refractivity contribution is -0.137.